The summed E-state index contributed by atoms with van der Waals surface area (Å²) in [5.74, 6) is 0.857. The second-order valence-electron chi connectivity index (χ2n) is 5.17. The first-order valence-corrected chi connectivity index (χ1v) is 6.30. The number of benzene rings is 1. The van der Waals surface area contributed by atoms with Gasteiger partial charge in [-0.25, -0.2) is 0 Å². The van der Waals surface area contributed by atoms with E-state index in [1.807, 2.05) is 33.0 Å². The van der Waals surface area contributed by atoms with Crippen molar-refractivity contribution in [2.24, 2.45) is 5.41 Å². The molecule has 1 atom stereocenters. The Bertz CT molecular complexity index is 403. The van der Waals surface area contributed by atoms with Crippen molar-refractivity contribution in [2.45, 2.75) is 33.2 Å². The quantitative estimate of drug-likeness (QED) is 0.837. The van der Waals surface area contributed by atoms with Crippen molar-refractivity contribution in [3.8, 4) is 11.8 Å². The van der Waals surface area contributed by atoms with Crippen molar-refractivity contribution in [3.05, 3.63) is 29.8 Å². The zero-order valence-electron chi connectivity index (χ0n) is 11.7. The molecule has 0 spiro atoms. The number of rotatable bonds is 6. The second kappa shape index (κ2) is 6.42. The van der Waals surface area contributed by atoms with Gasteiger partial charge in [0, 0.05) is 6.04 Å². The fourth-order valence-corrected chi connectivity index (χ4v) is 1.50. The fourth-order valence-electron chi connectivity index (χ4n) is 1.50. The van der Waals surface area contributed by atoms with Gasteiger partial charge in [0.2, 0.25) is 0 Å². The second-order valence-corrected chi connectivity index (χ2v) is 5.17. The van der Waals surface area contributed by atoms with Crippen LogP contribution in [0.1, 0.15) is 38.8 Å². The molecule has 0 saturated carbocycles. The summed E-state index contributed by atoms with van der Waals surface area (Å²) in [6.45, 7) is 6.54. The van der Waals surface area contributed by atoms with Crippen molar-refractivity contribution in [2.75, 3.05) is 13.7 Å². The molecule has 1 unspecified atom stereocenters. The lowest BCUT2D eigenvalue weighted by atomic mass is 9.92. The smallest absolute Gasteiger partial charge is 0.119 e. The number of nitrogens with zero attached hydrogens (tertiary/aromatic N) is 1. The first-order valence-electron chi connectivity index (χ1n) is 6.30. The molecule has 3 heteroatoms. The highest BCUT2D eigenvalue weighted by Gasteiger charge is 2.16. The average Bonchev–Trinajstić information content (AvgIpc) is 2.38. The van der Waals surface area contributed by atoms with Crippen LogP contribution in [0.4, 0.5) is 0 Å². The van der Waals surface area contributed by atoms with E-state index in [9.17, 15) is 0 Å². The summed E-state index contributed by atoms with van der Waals surface area (Å²) < 4.78 is 5.64. The Morgan fingerprint density at radius 2 is 1.94 bits per heavy atom. The van der Waals surface area contributed by atoms with Gasteiger partial charge in [0.15, 0.2) is 0 Å². The van der Waals surface area contributed by atoms with E-state index in [1.54, 1.807) is 0 Å². The largest absolute Gasteiger partial charge is 0.494 e. The summed E-state index contributed by atoms with van der Waals surface area (Å²) in [5, 5.41) is 12.1. The minimum atomic E-state index is -0.319. The van der Waals surface area contributed by atoms with E-state index in [1.165, 1.54) is 5.56 Å². The molecule has 98 valence electrons. The molecular formula is C15H22N2O. The molecule has 1 aromatic rings. The zero-order chi connectivity index (χ0) is 13.6. The van der Waals surface area contributed by atoms with E-state index in [-0.39, 0.29) is 5.41 Å². The van der Waals surface area contributed by atoms with E-state index >= 15 is 0 Å². The van der Waals surface area contributed by atoms with E-state index in [0.29, 0.717) is 12.6 Å². The van der Waals surface area contributed by atoms with Gasteiger partial charge >= 0.3 is 0 Å². The van der Waals surface area contributed by atoms with Crippen LogP contribution in [0.5, 0.6) is 5.75 Å². The van der Waals surface area contributed by atoms with Crippen molar-refractivity contribution in [1.82, 2.24) is 5.32 Å². The van der Waals surface area contributed by atoms with Crippen LogP contribution in [0.15, 0.2) is 24.3 Å². The highest BCUT2D eigenvalue weighted by atomic mass is 16.5. The van der Waals surface area contributed by atoms with Crippen LogP contribution in [0, 0.1) is 16.7 Å². The van der Waals surface area contributed by atoms with Crippen LogP contribution < -0.4 is 10.1 Å². The molecule has 18 heavy (non-hydrogen) atoms. The Hall–Kier alpha value is -1.53. The topological polar surface area (TPSA) is 45.0 Å². The van der Waals surface area contributed by atoms with Crippen LogP contribution in [0.2, 0.25) is 0 Å². The lowest BCUT2D eigenvalue weighted by molar-refractivity contribution is 0.264. The third kappa shape index (κ3) is 4.38. The van der Waals surface area contributed by atoms with E-state index in [2.05, 4.69) is 30.4 Å². The summed E-state index contributed by atoms with van der Waals surface area (Å²) in [7, 11) is 1.94. The molecule has 0 fully saturated rings. The molecular weight excluding hydrogens is 224 g/mol. The van der Waals surface area contributed by atoms with E-state index in [4.69, 9.17) is 10.00 Å². The molecule has 0 aliphatic heterocycles. The van der Waals surface area contributed by atoms with Gasteiger partial charge in [-0.15, -0.1) is 0 Å². The molecule has 1 rings (SSSR count). The van der Waals surface area contributed by atoms with Crippen molar-refractivity contribution < 1.29 is 4.74 Å². The monoisotopic (exact) mass is 246 g/mol. The number of nitrogens with one attached hydrogen (secondary N) is 1. The average molecular weight is 246 g/mol. The Balaban J connectivity index is 2.48. The van der Waals surface area contributed by atoms with E-state index in [0.717, 1.165) is 12.2 Å². The summed E-state index contributed by atoms with van der Waals surface area (Å²) >= 11 is 0. The van der Waals surface area contributed by atoms with Gasteiger partial charge in [-0.3, -0.25) is 0 Å². The van der Waals surface area contributed by atoms with Crippen molar-refractivity contribution in [1.29, 1.82) is 5.26 Å². The molecule has 0 heterocycles. The Labute approximate surface area is 110 Å². The molecule has 0 saturated heterocycles. The van der Waals surface area contributed by atoms with Gasteiger partial charge in [-0.1, -0.05) is 12.1 Å². The third-order valence-corrected chi connectivity index (χ3v) is 3.11. The normalized spacial score (nSPS) is 12.8. The van der Waals surface area contributed by atoms with Crippen LogP contribution in [-0.4, -0.2) is 13.7 Å². The van der Waals surface area contributed by atoms with E-state index < -0.39 is 0 Å². The zero-order valence-corrected chi connectivity index (χ0v) is 11.7. The predicted octanol–water partition coefficient (Wildman–Crippen LogP) is 3.29. The van der Waals surface area contributed by atoms with Gasteiger partial charge in [0.1, 0.15) is 5.75 Å². The number of hydrogen-bond acceptors (Lipinski definition) is 3. The first-order chi connectivity index (χ1) is 8.48. The SMILES string of the molecule is CNC(C)c1ccc(OCCC(C)(C)C#N)cc1. The highest BCUT2D eigenvalue weighted by Crippen LogP contribution is 2.21. The lowest BCUT2D eigenvalue weighted by Gasteiger charge is -2.16. The minimum Gasteiger partial charge on any atom is -0.494 e. The summed E-state index contributed by atoms with van der Waals surface area (Å²) in [5.41, 5.74) is 0.919. The maximum absolute atomic E-state index is 8.90. The summed E-state index contributed by atoms with van der Waals surface area (Å²) in [4.78, 5) is 0. The van der Waals surface area contributed by atoms with Gasteiger partial charge in [0.25, 0.3) is 0 Å². The number of hydrogen-bond donors (Lipinski definition) is 1. The molecule has 0 aromatic heterocycles. The molecule has 0 radical (unpaired) electrons. The van der Waals surface area contributed by atoms with Gasteiger partial charge < -0.3 is 10.1 Å². The molecule has 3 nitrogen and oxygen atoms in total. The van der Waals surface area contributed by atoms with Crippen LogP contribution >= 0.6 is 0 Å². The van der Waals surface area contributed by atoms with Crippen LogP contribution in [0.25, 0.3) is 0 Å². The van der Waals surface area contributed by atoms with Crippen molar-refractivity contribution >= 4 is 0 Å². The molecule has 1 aromatic carbocycles. The minimum absolute atomic E-state index is 0.319. The highest BCUT2D eigenvalue weighted by molar-refractivity contribution is 5.28. The number of ether oxygens (including phenoxy) is 1. The molecule has 0 aliphatic carbocycles. The predicted molar refractivity (Wildman–Crippen MR) is 73.4 cm³/mol. The standard InChI is InChI=1S/C15H22N2O/c1-12(17-4)13-5-7-14(8-6-13)18-10-9-15(2,3)11-16/h5-8,12,17H,9-10H2,1-4H3. The van der Waals surface area contributed by atoms with Crippen LogP contribution in [-0.2, 0) is 0 Å². The number of nitriles is 1. The van der Waals surface area contributed by atoms with Gasteiger partial charge in [0.05, 0.1) is 18.1 Å². The van der Waals surface area contributed by atoms with Gasteiger partial charge in [-0.2, -0.15) is 5.26 Å². The maximum Gasteiger partial charge on any atom is 0.119 e. The lowest BCUT2D eigenvalue weighted by Crippen LogP contribution is -2.13. The third-order valence-electron chi connectivity index (χ3n) is 3.11. The summed E-state index contributed by atoms with van der Waals surface area (Å²) in [6, 6.07) is 10.7. The Morgan fingerprint density at radius 3 is 2.44 bits per heavy atom. The molecule has 1 N–H and O–H groups in total. The Morgan fingerprint density at radius 1 is 1.33 bits per heavy atom. The molecule has 0 amide bonds. The molecule has 0 aliphatic rings. The molecule has 0 bridgehead atoms. The van der Waals surface area contributed by atoms with Crippen molar-refractivity contribution in [3.63, 3.8) is 0 Å². The fraction of sp³-hybridized carbons (Fsp3) is 0.533. The van der Waals surface area contributed by atoms with Crippen LogP contribution in [0.3, 0.4) is 0 Å². The maximum atomic E-state index is 8.90. The Kier molecular flexibility index (Phi) is 5.18. The first kappa shape index (κ1) is 14.5. The van der Waals surface area contributed by atoms with Gasteiger partial charge in [-0.05, 0) is 51.9 Å². The summed E-state index contributed by atoms with van der Waals surface area (Å²) in [6.07, 6.45) is 0.734.